The van der Waals surface area contributed by atoms with E-state index in [0.29, 0.717) is 17.5 Å². The molecule has 0 bridgehead atoms. The summed E-state index contributed by atoms with van der Waals surface area (Å²) in [5, 5.41) is 0. The number of ketones is 2. The van der Waals surface area contributed by atoms with E-state index in [-0.39, 0.29) is 17.9 Å². The molecular weight excluding hydrogens is 316 g/mol. The number of rotatable bonds is 6. The zero-order chi connectivity index (χ0) is 17.6. The summed E-state index contributed by atoms with van der Waals surface area (Å²) in [4.78, 5) is 26.2. The highest BCUT2D eigenvalue weighted by molar-refractivity contribution is 6.16. The Bertz CT molecular complexity index is 660. The van der Waals surface area contributed by atoms with E-state index in [1.807, 2.05) is 12.1 Å². The molecule has 2 aromatic rings. The van der Waals surface area contributed by atoms with Gasteiger partial charge in [0.15, 0.2) is 17.9 Å². The maximum atomic E-state index is 13.1. The van der Waals surface area contributed by atoms with Crippen molar-refractivity contribution in [1.82, 2.24) is 0 Å². The molecule has 1 aliphatic heterocycles. The monoisotopic (exact) mass is 338 g/mol. The first-order chi connectivity index (χ1) is 12.2. The van der Waals surface area contributed by atoms with E-state index in [4.69, 9.17) is 9.47 Å². The second kappa shape index (κ2) is 8.19. The molecule has 1 saturated heterocycles. The molecule has 2 unspecified atom stereocenters. The number of methoxy groups -OCH3 is 1. The molecule has 4 heteroatoms. The van der Waals surface area contributed by atoms with Crippen LogP contribution in [-0.2, 0) is 9.47 Å². The topological polar surface area (TPSA) is 52.6 Å². The Morgan fingerprint density at radius 2 is 1.44 bits per heavy atom. The summed E-state index contributed by atoms with van der Waals surface area (Å²) >= 11 is 0. The van der Waals surface area contributed by atoms with Gasteiger partial charge in [-0.25, -0.2) is 0 Å². The summed E-state index contributed by atoms with van der Waals surface area (Å²) in [6.07, 6.45) is 1.47. The van der Waals surface area contributed by atoms with Crippen molar-refractivity contribution in [2.45, 2.75) is 31.7 Å². The normalized spacial score (nSPS) is 20.4. The van der Waals surface area contributed by atoms with Crippen molar-refractivity contribution in [2.75, 3.05) is 7.11 Å². The molecule has 0 N–H and O–H groups in total. The van der Waals surface area contributed by atoms with E-state index in [0.717, 1.165) is 12.8 Å². The molecular formula is C21H22O4. The number of hydrogen-bond acceptors (Lipinski definition) is 4. The molecule has 1 aliphatic rings. The number of ether oxygens (including phenoxy) is 2. The fraction of sp³-hybridized carbons (Fsp3) is 0.333. The maximum absolute atomic E-state index is 13.1. The number of hydrogen-bond donors (Lipinski definition) is 0. The lowest BCUT2D eigenvalue weighted by Crippen LogP contribution is -2.42. The van der Waals surface area contributed by atoms with Crippen LogP contribution in [0.2, 0.25) is 0 Å². The Balaban J connectivity index is 1.93. The van der Waals surface area contributed by atoms with Gasteiger partial charge in [0, 0.05) is 18.2 Å². The quantitative estimate of drug-likeness (QED) is 0.592. The highest BCUT2D eigenvalue weighted by Crippen LogP contribution is 2.29. The number of carbonyl (C=O) groups excluding carboxylic acids is 2. The fourth-order valence-electron chi connectivity index (χ4n) is 3.26. The van der Waals surface area contributed by atoms with Crippen LogP contribution >= 0.6 is 0 Å². The van der Waals surface area contributed by atoms with Crippen molar-refractivity contribution in [3.8, 4) is 0 Å². The molecule has 0 spiro atoms. The van der Waals surface area contributed by atoms with Crippen molar-refractivity contribution in [3.05, 3.63) is 71.8 Å². The molecule has 1 heterocycles. The van der Waals surface area contributed by atoms with Gasteiger partial charge >= 0.3 is 0 Å². The average molecular weight is 338 g/mol. The van der Waals surface area contributed by atoms with Gasteiger partial charge in [-0.3, -0.25) is 9.59 Å². The third kappa shape index (κ3) is 4.03. The van der Waals surface area contributed by atoms with E-state index in [1.54, 1.807) is 55.6 Å². The largest absolute Gasteiger partial charge is 0.356 e. The zero-order valence-corrected chi connectivity index (χ0v) is 14.3. The van der Waals surface area contributed by atoms with Crippen LogP contribution in [0.1, 0.15) is 40.0 Å². The van der Waals surface area contributed by atoms with Gasteiger partial charge in [0.05, 0.1) is 6.10 Å². The van der Waals surface area contributed by atoms with Crippen LogP contribution in [0.15, 0.2) is 60.7 Å². The molecule has 3 rings (SSSR count). The van der Waals surface area contributed by atoms with Gasteiger partial charge in [0.1, 0.15) is 5.92 Å². The van der Waals surface area contributed by atoms with Crippen LogP contribution in [-0.4, -0.2) is 31.1 Å². The minimum atomic E-state index is -0.859. The molecule has 130 valence electrons. The molecule has 4 nitrogen and oxygen atoms in total. The highest BCUT2D eigenvalue weighted by atomic mass is 16.7. The minimum Gasteiger partial charge on any atom is -0.356 e. The Morgan fingerprint density at radius 1 is 0.920 bits per heavy atom. The Morgan fingerprint density at radius 3 is 1.92 bits per heavy atom. The zero-order valence-electron chi connectivity index (χ0n) is 14.3. The lowest BCUT2D eigenvalue weighted by atomic mass is 9.83. The van der Waals surface area contributed by atoms with Crippen LogP contribution in [0.5, 0.6) is 0 Å². The SMILES string of the molecule is COC1CCCC(C(C(=O)c2ccccc2)C(=O)c2ccccc2)O1. The summed E-state index contributed by atoms with van der Waals surface area (Å²) in [6, 6.07) is 17.9. The van der Waals surface area contributed by atoms with E-state index >= 15 is 0 Å². The van der Waals surface area contributed by atoms with E-state index < -0.39 is 12.0 Å². The van der Waals surface area contributed by atoms with Gasteiger partial charge in [-0.15, -0.1) is 0 Å². The standard InChI is InChI=1S/C21H22O4/c1-24-18-14-8-13-17(25-18)19(20(22)15-9-4-2-5-10-15)21(23)16-11-6-3-7-12-16/h2-7,9-12,17-19H,8,13-14H2,1H3. The van der Waals surface area contributed by atoms with Gasteiger partial charge in [-0.05, 0) is 19.3 Å². The van der Waals surface area contributed by atoms with Crippen molar-refractivity contribution >= 4 is 11.6 Å². The second-order valence-corrected chi connectivity index (χ2v) is 6.21. The summed E-state index contributed by atoms with van der Waals surface area (Å²) in [5.74, 6) is -1.25. The van der Waals surface area contributed by atoms with Gasteiger partial charge in [0.25, 0.3) is 0 Å². The molecule has 0 aromatic heterocycles. The molecule has 0 amide bonds. The fourth-order valence-corrected chi connectivity index (χ4v) is 3.26. The van der Waals surface area contributed by atoms with Crippen LogP contribution in [0.3, 0.4) is 0 Å². The van der Waals surface area contributed by atoms with Crippen molar-refractivity contribution < 1.29 is 19.1 Å². The number of carbonyl (C=O) groups is 2. The van der Waals surface area contributed by atoms with Gasteiger partial charge in [0.2, 0.25) is 0 Å². The van der Waals surface area contributed by atoms with Crippen molar-refractivity contribution in [3.63, 3.8) is 0 Å². The summed E-state index contributed by atoms with van der Waals surface area (Å²) in [5.41, 5.74) is 1.06. The molecule has 0 aliphatic carbocycles. The highest BCUT2D eigenvalue weighted by Gasteiger charge is 2.39. The lowest BCUT2D eigenvalue weighted by molar-refractivity contribution is -0.184. The van der Waals surface area contributed by atoms with Gasteiger partial charge in [-0.2, -0.15) is 0 Å². The van der Waals surface area contributed by atoms with Crippen molar-refractivity contribution in [1.29, 1.82) is 0 Å². The first-order valence-electron chi connectivity index (χ1n) is 8.57. The van der Waals surface area contributed by atoms with E-state index in [9.17, 15) is 9.59 Å². The Labute approximate surface area is 147 Å². The molecule has 25 heavy (non-hydrogen) atoms. The smallest absolute Gasteiger partial charge is 0.176 e. The maximum Gasteiger partial charge on any atom is 0.176 e. The predicted molar refractivity (Wildman–Crippen MR) is 94.6 cm³/mol. The molecule has 0 radical (unpaired) electrons. The molecule has 2 atom stereocenters. The van der Waals surface area contributed by atoms with Crippen molar-refractivity contribution in [2.24, 2.45) is 5.92 Å². The van der Waals surface area contributed by atoms with Crippen LogP contribution in [0.25, 0.3) is 0 Å². The summed E-state index contributed by atoms with van der Waals surface area (Å²) in [6.45, 7) is 0. The summed E-state index contributed by atoms with van der Waals surface area (Å²) < 4.78 is 11.2. The molecule has 0 saturated carbocycles. The van der Waals surface area contributed by atoms with E-state index in [2.05, 4.69) is 0 Å². The lowest BCUT2D eigenvalue weighted by Gasteiger charge is -2.33. The van der Waals surface area contributed by atoms with Crippen LogP contribution in [0.4, 0.5) is 0 Å². The van der Waals surface area contributed by atoms with Crippen LogP contribution in [0, 0.1) is 5.92 Å². The minimum absolute atomic E-state index is 0.198. The number of benzene rings is 2. The predicted octanol–water partition coefficient (Wildman–Crippen LogP) is 3.91. The Hall–Kier alpha value is -2.30. The molecule has 2 aromatic carbocycles. The first-order valence-corrected chi connectivity index (χ1v) is 8.57. The average Bonchev–Trinajstić information content (AvgIpc) is 2.69. The molecule has 1 fully saturated rings. The second-order valence-electron chi connectivity index (χ2n) is 6.21. The van der Waals surface area contributed by atoms with Gasteiger partial charge < -0.3 is 9.47 Å². The third-order valence-electron chi connectivity index (χ3n) is 4.57. The van der Waals surface area contributed by atoms with Gasteiger partial charge in [-0.1, -0.05) is 60.7 Å². The number of Topliss-reactive ketones (excluding diaryl/α,β-unsaturated/α-hetero) is 2. The first kappa shape index (κ1) is 17.5. The summed E-state index contributed by atoms with van der Waals surface area (Å²) in [7, 11) is 1.58. The van der Waals surface area contributed by atoms with Crippen LogP contribution < -0.4 is 0 Å². The van der Waals surface area contributed by atoms with E-state index in [1.165, 1.54) is 0 Å². The Kier molecular flexibility index (Phi) is 5.74. The third-order valence-corrected chi connectivity index (χ3v) is 4.57.